The quantitative estimate of drug-likeness (QED) is 0.419. The standard InChI is InChI=1S/C23H27N3O3/c1-4-8-18-11-12-21(22(15-18)28-3)29-14-7-13-26-20-10-6-5-9-19(20)25-23(26)16-24-17(2)27/h4-6,9-12,15H,1,7-8,13-14,16H2,2-3H3,(H,24,27). The molecule has 0 bridgehead atoms. The van der Waals surface area contributed by atoms with E-state index in [4.69, 9.17) is 9.47 Å². The van der Waals surface area contributed by atoms with Gasteiger partial charge in [-0.15, -0.1) is 6.58 Å². The molecule has 29 heavy (non-hydrogen) atoms. The van der Waals surface area contributed by atoms with Gasteiger partial charge < -0.3 is 19.4 Å². The summed E-state index contributed by atoms with van der Waals surface area (Å²) >= 11 is 0. The number of fused-ring (bicyclic) bond motifs is 1. The predicted molar refractivity (Wildman–Crippen MR) is 114 cm³/mol. The number of rotatable bonds is 10. The number of imidazole rings is 1. The van der Waals surface area contributed by atoms with Gasteiger partial charge in [0.1, 0.15) is 5.82 Å². The Morgan fingerprint density at radius 2 is 2.07 bits per heavy atom. The van der Waals surface area contributed by atoms with E-state index in [1.165, 1.54) is 6.92 Å². The number of para-hydroxylation sites is 2. The number of aromatic nitrogens is 2. The summed E-state index contributed by atoms with van der Waals surface area (Å²) in [6.07, 6.45) is 3.45. The average Bonchev–Trinajstić information content (AvgIpc) is 3.08. The van der Waals surface area contributed by atoms with Crippen LogP contribution in [0.15, 0.2) is 55.1 Å². The third-order valence-electron chi connectivity index (χ3n) is 4.62. The maximum atomic E-state index is 11.3. The lowest BCUT2D eigenvalue weighted by Crippen LogP contribution is -2.22. The Kier molecular flexibility index (Phi) is 6.89. The fraction of sp³-hybridized carbons (Fsp3) is 0.304. The highest BCUT2D eigenvalue weighted by molar-refractivity contribution is 5.76. The molecule has 1 amide bonds. The zero-order chi connectivity index (χ0) is 20.6. The fourth-order valence-corrected chi connectivity index (χ4v) is 3.24. The number of benzene rings is 2. The third kappa shape index (κ3) is 5.16. The smallest absolute Gasteiger partial charge is 0.217 e. The van der Waals surface area contributed by atoms with Gasteiger partial charge in [-0.25, -0.2) is 4.98 Å². The second-order valence-electron chi connectivity index (χ2n) is 6.76. The van der Waals surface area contributed by atoms with Crippen molar-refractivity contribution in [2.45, 2.75) is 32.9 Å². The van der Waals surface area contributed by atoms with Gasteiger partial charge in [-0.3, -0.25) is 4.79 Å². The van der Waals surface area contributed by atoms with Crippen molar-refractivity contribution >= 4 is 16.9 Å². The van der Waals surface area contributed by atoms with E-state index in [-0.39, 0.29) is 5.91 Å². The molecule has 3 rings (SSSR count). The number of allylic oxidation sites excluding steroid dienone is 1. The Hall–Kier alpha value is -3.28. The van der Waals surface area contributed by atoms with Crippen LogP contribution in [0.4, 0.5) is 0 Å². The average molecular weight is 393 g/mol. The molecule has 0 aliphatic heterocycles. The van der Waals surface area contributed by atoms with Crippen molar-refractivity contribution in [3.63, 3.8) is 0 Å². The molecule has 0 fully saturated rings. The van der Waals surface area contributed by atoms with Crippen LogP contribution in [-0.4, -0.2) is 29.2 Å². The number of hydrogen-bond acceptors (Lipinski definition) is 4. The number of amides is 1. The summed E-state index contributed by atoms with van der Waals surface area (Å²) < 4.78 is 13.5. The number of methoxy groups -OCH3 is 1. The van der Waals surface area contributed by atoms with E-state index in [0.717, 1.165) is 53.3 Å². The minimum absolute atomic E-state index is 0.0704. The molecule has 1 heterocycles. The molecule has 1 aromatic heterocycles. The predicted octanol–water partition coefficient (Wildman–Crippen LogP) is 3.88. The highest BCUT2D eigenvalue weighted by Crippen LogP contribution is 2.28. The molecular weight excluding hydrogens is 366 g/mol. The molecule has 0 atom stereocenters. The summed E-state index contributed by atoms with van der Waals surface area (Å²) in [5.41, 5.74) is 3.11. The van der Waals surface area contributed by atoms with Crippen LogP contribution in [0.25, 0.3) is 11.0 Å². The summed E-state index contributed by atoms with van der Waals surface area (Å²) in [5, 5.41) is 2.83. The van der Waals surface area contributed by atoms with Gasteiger partial charge in [0, 0.05) is 13.5 Å². The van der Waals surface area contributed by atoms with Crippen LogP contribution < -0.4 is 14.8 Å². The van der Waals surface area contributed by atoms with Crippen LogP contribution in [0.2, 0.25) is 0 Å². The van der Waals surface area contributed by atoms with Crippen molar-refractivity contribution in [1.29, 1.82) is 0 Å². The maximum Gasteiger partial charge on any atom is 0.217 e. The monoisotopic (exact) mass is 393 g/mol. The highest BCUT2D eigenvalue weighted by Gasteiger charge is 2.11. The number of ether oxygens (including phenoxy) is 2. The largest absolute Gasteiger partial charge is 0.493 e. The molecule has 6 heteroatoms. The summed E-state index contributed by atoms with van der Waals surface area (Å²) in [6, 6.07) is 13.9. The molecule has 2 aromatic carbocycles. The van der Waals surface area contributed by atoms with E-state index in [0.29, 0.717) is 13.2 Å². The van der Waals surface area contributed by atoms with Crippen LogP contribution in [0, 0.1) is 0 Å². The SMILES string of the molecule is C=CCc1ccc(OCCCn2c(CNC(C)=O)nc3ccccc32)c(OC)c1. The molecule has 152 valence electrons. The number of carbonyl (C=O) groups excluding carboxylic acids is 1. The van der Waals surface area contributed by atoms with Crippen molar-refractivity contribution in [2.75, 3.05) is 13.7 Å². The topological polar surface area (TPSA) is 65.4 Å². The van der Waals surface area contributed by atoms with Crippen LogP contribution in [0.5, 0.6) is 11.5 Å². The molecule has 0 unspecified atom stereocenters. The van der Waals surface area contributed by atoms with Crippen LogP contribution >= 0.6 is 0 Å². The third-order valence-corrected chi connectivity index (χ3v) is 4.62. The lowest BCUT2D eigenvalue weighted by atomic mass is 10.1. The maximum absolute atomic E-state index is 11.3. The second-order valence-corrected chi connectivity index (χ2v) is 6.76. The molecule has 0 radical (unpaired) electrons. The summed E-state index contributed by atoms with van der Waals surface area (Å²) in [7, 11) is 1.64. The summed E-state index contributed by atoms with van der Waals surface area (Å²) in [5.74, 6) is 2.23. The molecule has 6 nitrogen and oxygen atoms in total. The minimum Gasteiger partial charge on any atom is -0.493 e. The molecule has 3 aromatic rings. The van der Waals surface area contributed by atoms with E-state index in [2.05, 4.69) is 21.4 Å². The van der Waals surface area contributed by atoms with Crippen LogP contribution in [0.3, 0.4) is 0 Å². The number of carbonyl (C=O) groups is 1. The van der Waals surface area contributed by atoms with E-state index >= 15 is 0 Å². The number of hydrogen-bond donors (Lipinski definition) is 1. The van der Waals surface area contributed by atoms with Crippen LogP contribution in [0.1, 0.15) is 24.7 Å². The van der Waals surface area contributed by atoms with Crippen molar-refractivity contribution in [1.82, 2.24) is 14.9 Å². The Morgan fingerprint density at radius 1 is 1.24 bits per heavy atom. The summed E-state index contributed by atoms with van der Waals surface area (Å²) in [6.45, 7) is 6.97. The van der Waals surface area contributed by atoms with Crippen molar-refractivity contribution in [2.24, 2.45) is 0 Å². The van der Waals surface area contributed by atoms with Gasteiger partial charge in [0.05, 0.1) is 31.3 Å². The van der Waals surface area contributed by atoms with Gasteiger partial charge in [-0.2, -0.15) is 0 Å². The zero-order valence-electron chi connectivity index (χ0n) is 17.0. The lowest BCUT2D eigenvalue weighted by Gasteiger charge is -2.13. The van der Waals surface area contributed by atoms with Crippen molar-refractivity contribution in [3.8, 4) is 11.5 Å². The van der Waals surface area contributed by atoms with Gasteiger partial charge in [-0.1, -0.05) is 24.3 Å². The molecule has 0 saturated heterocycles. The number of nitrogens with one attached hydrogen (secondary N) is 1. The first-order chi connectivity index (χ1) is 14.1. The van der Waals surface area contributed by atoms with E-state index in [9.17, 15) is 4.79 Å². The van der Waals surface area contributed by atoms with Crippen molar-refractivity contribution < 1.29 is 14.3 Å². The highest BCUT2D eigenvalue weighted by atomic mass is 16.5. The number of nitrogens with zero attached hydrogens (tertiary/aromatic N) is 2. The first kappa shape index (κ1) is 20.5. The van der Waals surface area contributed by atoms with Gasteiger partial charge in [0.15, 0.2) is 11.5 Å². The Balaban J connectivity index is 1.66. The van der Waals surface area contributed by atoms with Gasteiger partial charge >= 0.3 is 0 Å². The fourth-order valence-electron chi connectivity index (χ4n) is 3.24. The van der Waals surface area contributed by atoms with Gasteiger partial charge in [-0.05, 0) is 42.7 Å². The van der Waals surface area contributed by atoms with E-state index in [1.54, 1.807) is 7.11 Å². The number of aryl methyl sites for hydroxylation is 1. The normalized spacial score (nSPS) is 10.7. The molecular formula is C23H27N3O3. The van der Waals surface area contributed by atoms with Gasteiger partial charge in [0.2, 0.25) is 5.91 Å². The molecule has 1 N–H and O–H groups in total. The molecule has 0 aliphatic carbocycles. The zero-order valence-corrected chi connectivity index (χ0v) is 17.0. The second kappa shape index (κ2) is 9.78. The summed E-state index contributed by atoms with van der Waals surface area (Å²) in [4.78, 5) is 16.0. The molecule has 0 aliphatic rings. The Bertz CT molecular complexity index is 994. The van der Waals surface area contributed by atoms with Gasteiger partial charge in [0.25, 0.3) is 0 Å². The van der Waals surface area contributed by atoms with Crippen molar-refractivity contribution in [3.05, 3.63) is 66.5 Å². The van der Waals surface area contributed by atoms with E-state index in [1.807, 2.05) is 48.5 Å². The van der Waals surface area contributed by atoms with Crippen LogP contribution in [-0.2, 0) is 24.3 Å². The first-order valence-corrected chi connectivity index (χ1v) is 9.71. The minimum atomic E-state index is -0.0704. The van der Waals surface area contributed by atoms with E-state index < -0.39 is 0 Å². The lowest BCUT2D eigenvalue weighted by molar-refractivity contribution is -0.119. The Labute approximate surface area is 171 Å². The Morgan fingerprint density at radius 3 is 2.83 bits per heavy atom. The first-order valence-electron chi connectivity index (χ1n) is 9.71. The molecule has 0 saturated carbocycles. The molecule has 0 spiro atoms.